The van der Waals surface area contributed by atoms with E-state index in [0.717, 1.165) is 0 Å². The van der Waals surface area contributed by atoms with Gasteiger partial charge >= 0.3 is 5.30 Å². The van der Waals surface area contributed by atoms with E-state index in [4.69, 9.17) is 5.11 Å². The van der Waals surface area contributed by atoms with E-state index in [1.54, 1.807) is 0 Å². The number of carbonyl (C=O) groups is 1. The highest BCUT2D eigenvalue weighted by Crippen LogP contribution is 1.94. The van der Waals surface area contributed by atoms with Crippen LogP contribution in [0.3, 0.4) is 0 Å². The van der Waals surface area contributed by atoms with Crippen molar-refractivity contribution in [1.29, 1.82) is 0 Å². The molecule has 6 heavy (non-hydrogen) atoms. The quantitative estimate of drug-likeness (QED) is 0.485. The van der Waals surface area contributed by atoms with Crippen molar-refractivity contribution in [2.75, 3.05) is 0 Å². The Morgan fingerprint density at radius 1 is 2.00 bits per heavy atom. The van der Waals surface area contributed by atoms with Crippen LogP contribution in [0.5, 0.6) is 0 Å². The van der Waals surface area contributed by atoms with Crippen molar-refractivity contribution in [1.82, 2.24) is 0 Å². The molecule has 3 nitrogen and oxygen atoms in total. The Labute approximate surface area is 41.6 Å². The van der Waals surface area contributed by atoms with Crippen LogP contribution < -0.4 is 0 Å². The average molecular weight is 129 g/mol. The maximum Gasteiger partial charge on any atom is 0.541 e. The fourth-order valence-electron chi connectivity index (χ4n) is 0. The van der Waals surface area contributed by atoms with E-state index < -0.39 is 15.7 Å². The Morgan fingerprint density at radius 3 is 2.17 bits per heavy atom. The van der Waals surface area contributed by atoms with E-state index in [9.17, 15) is 9.35 Å². The van der Waals surface area contributed by atoms with Gasteiger partial charge in [0.15, 0.2) is 21.1 Å². The molecule has 0 saturated carbocycles. The first-order valence-electron chi connectivity index (χ1n) is 0.953. The molecule has 0 amide bonds. The van der Waals surface area contributed by atoms with Gasteiger partial charge in [-0.2, -0.15) is 4.79 Å². The third-order valence-corrected chi connectivity index (χ3v) is 0.808. The van der Waals surface area contributed by atoms with Crippen molar-refractivity contribution in [2.45, 2.75) is 0 Å². The molecule has 0 saturated heterocycles. The van der Waals surface area contributed by atoms with Gasteiger partial charge in [-0.05, 0) is 0 Å². The van der Waals surface area contributed by atoms with Gasteiger partial charge in [-0.1, -0.05) is 0 Å². The third kappa shape index (κ3) is 2.32. The predicted octanol–water partition coefficient (Wildman–Crippen LogP) is 0.567. The van der Waals surface area contributed by atoms with E-state index in [1.807, 2.05) is 0 Å². The Kier molecular flexibility index (Phi) is 2.31. The first kappa shape index (κ1) is 6.07. The van der Waals surface area contributed by atoms with Crippen molar-refractivity contribution in [3.63, 3.8) is 0 Å². The van der Waals surface area contributed by atoms with Crippen LogP contribution >= 0.6 is 10.7 Å². The number of halogens is 1. The zero-order valence-corrected chi connectivity index (χ0v) is 4.12. The highest BCUT2D eigenvalue weighted by molar-refractivity contribution is 8.25. The lowest BCUT2D eigenvalue weighted by molar-refractivity contribution is 0.220. The van der Waals surface area contributed by atoms with Gasteiger partial charge in [-0.3, -0.25) is 0 Å². The topological polar surface area (TPSA) is 60.4 Å². The molecule has 5 heteroatoms. The standard InChI is InChI=1S/CHClO3S/c2-6(5)1(3)4/h(H,3,4). The van der Waals surface area contributed by atoms with Gasteiger partial charge < -0.3 is 9.66 Å². The first-order valence-corrected chi connectivity index (χ1v) is 2.93. The monoisotopic (exact) mass is 128 g/mol. The summed E-state index contributed by atoms with van der Waals surface area (Å²) >= 11 is 0. The molecule has 0 aliphatic rings. The van der Waals surface area contributed by atoms with Crippen LogP contribution in [0.4, 0.5) is 4.79 Å². The molecule has 0 aromatic heterocycles. The summed E-state index contributed by atoms with van der Waals surface area (Å²) in [6.07, 6.45) is 0. The molecule has 0 fully saturated rings. The number of carboxylic acid groups (broad SMARTS) is 1. The Hall–Kier alpha value is 0.0700. The zero-order chi connectivity index (χ0) is 5.15. The largest absolute Gasteiger partial charge is 0.589 e. The van der Waals surface area contributed by atoms with Crippen LogP contribution in [0.2, 0.25) is 0 Å². The maximum atomic E-state index is 9.42. The van der Waals surface area contributed by atoms with E-state index >= 15 is 0 Å². The highest BCUT2D eigenvalue weighted by Gasteiger charge is 2.12. The van der Waals surface area contributed by atoms with Crippen LogP contribution in [0.15, 0.2) is 0 Å². The fraction of sp³-hybridized carbons (Fsp3) is 0. The lowest BCUT2D eigenvalue weighted by Crippen LogP contribution is -2.01. The van der Waals surface area contributed by atoms with Crippen molar-refractivity contribution >= 4 is 26.4 Å². The van der Waals surface area contributed by atoms with Crippen LogP contribution in [-0.2, 0) is 10.4 Å². The Bertz CT molecular complexity index is 61.8. The van der Waals surface area contributed by atoms with Crippen LogP contribution in [0.25, 0.3) is 0 Å². The SMILES string of the molecule is O=C(O)[S+]([O-])Cl. The summed E-state index contributed by atoms with van der Waals surface area (Å²) < 4.78 is 9.42. The van der Waals surface area contributed by atoms with Crippen LogP contribution in [-0.4, -0.2) is 15.0 Å². The maximum absolute atomic E-state index is 9.42. The third-order valence-electron chi connectivity index (χ3n) is 0.137. The molecular weight excluding hydrogens is 128 g/mol. The molecule has 0 bridgehead atoms. The molecule has 1 N–H and O–H groups in total. The molecule has 0 rings (SSSR count). The summed E-state index contributed by atoms with van der Waals surface area (Å²) in [5.74, 6) is 0. The zero-order valence-electron chi connectivity index (χ0n) is 2.55. The van der Waals surface area contributed by atoms with Crippen molar-refractivity contribution < 1.29 is 14.5 Å². The van der Waals surface area contributed by atoms with Crippen LogP contribution in [0.1, 0.15) is 0 Å². The molecule has 0 aliphatic heterocycles. The molecule has 0 radical (unpaired) electrons. The highest BCUT2D eigenvalue weighted by atomic mass is 35.7. The van der Waals surface area contributed by atoms with E-state index in [-0.39, 0.29) is 0 Å². The Morgan fingerprint density at radius 2 is 2.17 bits per heavy atom. The average Bonchev–Trinajstić information content (AvgIpc) is 1.36. The molecule has 0 aromatic carbocycles. The molecule has 0 aromatic rings. The normalized spacial score (nSPS) is 13.7. The van der Waals surface area contributed by atoms with Crippen LogP contribution in [0, 0.1) is 0 Å². The summed E-state index contributed by atoms with van der Waals surface area (Å²) in [5.41, 5.74) is 0. The van der Waals surface area contributed by atoms with Gasteiger partial charge in [0.2, 0.25) is 0 Å². The summed E-state index contributed by atoms with van der Waals surface area (Å²) in [6, 6.07) is 0. The van der Waals surface area contributed by atoms with E-state index in [1.165, 1.54) is 0 Å². The summed E-state index contributed by atoms with van der Waals surface area (Å²) in [6.45, 7) is 0. The molecule has 0 heterocycles. The van der Waals surface area contributed by atoms with E-state index in [0.29, 0.717) is 0 Å². The van der Waals surface area contributed by atoms with Crippen molar-refractivity contribution in [3.8, 4) is 0 Å². The second-order valence-electron chi connectivity index (χ2n) is 0.489. The minimum Gasteiger partial charge on any atom is -0.589 e. The molecule has 1 atom stereocenters. The second kappa shape index (κ2) is 2.28. The lowest BCUT2D eigenvalue weighted by atomic mass is 11.6. The number of rotatable bonds is 0. The van der Waals surface area contributed by atoms with Gasteiger partial charge in [0.1, 0.15) is 0 Å². The fourth-order valence-corrected chi connectivity index (χ4v) is 0. The smallest absolute Gasteiger partial charge is 0.541 e. The first-order chi connectivity index (χ1) is 2.64. The summed E-state index contributed by atoms with van der Waals surface area (Å²) in [7, 11) is 2.26. The van der Waals surface area contributed by atoms with Gasteiger partial charge in [0.25, 0.3) is 0 Å². The lowest BCUT2D eigenvalue weighted by Gasteiger charge is -1.84. The van der Waals surface area contributed by atoms with Gasteiger partial charge in [0, 0.05) is 0 Å². The Balaban J connectivity index is 3.26. The van der Waals surface area contributed by atoms with Gasteiger partial charge in [-0.25, -0.2) is 0 Å². The van der Waals surface area contributed by atoms with Gasteiger partial charge in [0.05, 0.1) is 0 Å². The predicted molar refractivity (Wildman–Crippen MR) is 22.0 cm³/mol. The van der Waals surface area contributed by atoms with Crippen molar-refractivity contribution in [2.24, 2.45) is 0 Å². The minimum absolute atomic E-state index is 1.50. The van der Waals surface area contributed by atoms with Crippen molar-refractivity contribution in [3.05, 3.63) is 0 Å². The summed E-state index contributed by atoms with van der Waals surface area (Å²) in [5, 5.41) is 6.06. The summed E-state index contributed by atoms with van der Waals surface area (Å²) in [4.78, 5) is 9.27. The van der Waals surface area contributed by atoms with Gasteiger partial charge in [-0.15, -0.1) is 0 Å². The molecular formula is CHClO3S. The number of hydrogen-bond donors (Lipinski definition) is 1. The number of hydrogen-bond acceptors (Lipinski definition) is 2. The molecule has 0 spiro atoms. The minimum atomic E-state index is -2.23. The second-order valence-corrected chi connectivity index (χ2v) is 2.13. The molecule has 1 unspecified atom stereocenters. The molecule has 0 aliphatic carbocycles. The van der Waals surface area contributed by atoms with E-state index in [2.05, 4.69) is 10.7 Å². The molecule has 36 valence electrons.